The lowest BCUT2D eigenvalue weighted by Crippen LogP contribution is -2.17. The SMILES string of the molecule is [N-]=[N+]=NC(=O)C1(c2ccccc2)CC1. The molecule has 1 aromatic carbocycles. The highest BCUT2D eigenvalue weighted by Gasteiger charge is 2.50. The number of amides is 1. The van der Waals surface area contributed by atoms with E-state index in [4.69, 9.17) is 5.53 Å². The minimum atomic E-state index is -0.506. The number of nitrogens with zero attached hydrogens (tertiary/aromatic N) is 3. The molecule has 1 aliphatic rings. The Morgan fingerprint density at radius 2 is 2.00 bits per heavy atom. The predicted molar refractivity (Wildman–Crippen MR) is 51.5 cm³/mol. The highest BCUT2D eigenvalue weighted by atomic mass is 16.2. The smallest absolute Gasteiger partial charge is 0.229 e. The van der Waals surface area contributed by atoms with Gasteiger partial charge in [0.2, 0.25) is 5.91 Å². The summed E-state index contributed by atoms with van der Waals surface area (Å²) in [6.07, 6.45) is 1.57. The van der Waals surface area contributed by atoms with Gasteiger partial charge in [0.05, 0.1) is 5.41 Å². The molecule has 1 amide bonds. The number of rotatable bonds is 2. The molecule has 14 heavy (non-hydrogen) atoms. The van der Waals surface area contributed by atoms with Crippen molar-refractivity contribution >= 4 is 5.91 Å². The number of azide groups is 1. The van der Waals surface area contributed by atoms with Gasteiger partial charge in [-0.1, -0.05) is 30.3 Å². The number of benzene rings is 1. The molecule has 0 unspecified atom stereocenters. The van der Waals surface area contributed by atoms with Crippen molar-refractivity contribution < 1.29 is 4.79 Å². The molecule has 70 valence electrons. The van der Waals surface area contributed by atoms with E-state index in [1.165, 1.54) is 0 Å². The molecule has 0 spiro atoms. The van der Waals surface area contributed by atoms with Gasteiger partial charge in [-0.05, 0) is 29.1 Å². The fourth-order valence-corrected chi connectivity index (χ4v) is 1.64. The molecule has 0 N–H and O–H groups in total. The minimum Gasteiger partial charge on any atom is -0.292 e. The van der Waals surface area contributed by atoms with E-state index in [2.05, 4.69) is 10.0 Å². The molecule has 1 saturated carbocycles. The molecule has 2 rings (SSSR count). The third-order valence-corrected chi connectivity index (χ3v) is 2.62. The summed E-state index contributed by atoms with van der Waals surface area (Å²) in [5.41, 5.74) is 8.66. The first-order chi connectivity index (χ1) is 6.79. The molecule has 4 heteroatoms. The molecule has 1 aromatic rings. The molecule has 0 atom stereocenters. The molecule has 0 radical (unpaired) electrons. The second-order valence-corrected chi connectivity index (χ2v) is 3.44. The number of hydrogen-bond acceptors (Lipinski definition) is 1. The largest absolute Gasteiger partial charge is 0.292 e. The molecule has 0 aromatic heterocycles. The van der Waals surface area contributed by atoms with Crippen molar-refractivity contribution in [3.8, 4) is 0 Å². The van der Waals surface area contributed by atoms with Crippen molar-refractivity contribution in [2.45, 2.75) is 18.3 Å². The van der Waals surface area contributed by atoms with Crippen LogP contribution in [0.3, 0.4) is 0 Å². The lowest BCUT2D eigenvalue weighted by Gasteiger charge is -2.09. The zero-order valence-electron chi connectivity index (χ0n) is 7.55. The maximum absolute atomic E-state index is 11.5. The van der Waals surface area contributed by atoms with E-state index < -0.39 is 5.41 Å². The van der Waals surface area contributed by atoms with Crippen LogP contribution in [0.1, 0.15) is 18.4 Å². The number of carbonyl (C=O) groups excluding carboxylic acids is 1. The van der Waals surface area contributed by atoms with Gasteiger partial charge in [-0.3, -0.25) is 4.79 Å². The summed E-state index contributed by atoms with van der Waals surface area (Å²) in [5, 5.41) is 3.18. The molecule has 0 saturated heterocycles. The standard InChI is InChI=1S/C10H9N3O/c11-13-12-9(14)10(6-7-10)8-4-2-1-3-5-8/h1-5H,6-7H2. The Labute approximate surface area is 81.2 Å². The summed E-state index contributed by atoms with van der Waals surface area (Å²) in [4.78, 5) is 14.1. The normalized spacial score (nSPS) is 16.9. The average Bonchev–Trinajstić information content (AvgIpc) is 3.00. The maximum atomic E-state index is 11.5. The molecular weight excluding hydrogens is 178 g/mol. The third kappa shape index (κ3) is 1.26. The molecule has 1 fully saturated rings. The van der Waals surface area contributed by atoms with Gasteiger partial charge < -0.3 is 0 Å². The fraction of sp³-hybridized carbons (Fsp3) is 0.300. The topological polar surface area (TPSA) is 65.8 Å². The summed E-state index contributed by atoms with van der Waals surface area (Å²) < 4.78 is 0. The maximum Gasteiger partial charge on any atom is 0.229 e. The lowest BCUT2D eigenvalue weighted by atomic mass is 9.95. The number of hydrogen-bond donors (Lipinski definition) is 0. The Bertz CT molecular complexity index is 403. The van der Waals surface area contributed by atoms with Crippen molar-refractivity contribution in [3.63, 3.8) is 0 Å². The van der Waals surface area contributed by atoms with Crippen LogP contribution in [0, 0.1) is 0 Å². The van der Waals surface area contributed by atoms with Gasteiger partial charge in [-0.2, -0.15) is 0 Å². The fourth-order valence-electron chi connectivity index (χ4n) is 1.64. The van der Waals surface area contributed by atoms with Crippen molar-refractivity contribution in [2.24, 2.45) is 5.11 Å². The van der Waals surface area contributed by atoms with Crippen molar-refractivity contribution in [2.75, 3.05) is 0 Å². The monoisotopic (exact) mass is 187 g/mol. The summed E-state index contributed by atoms with van der Waals surface area (Å²) in [6.45, 7) is 0. The summed E-state index contributed by atoms with van der Waals surface area (Å²) in [7, 11) is 0. The molecule has 0 aliphatic heterocycles. The van der Waals surface area contributed by atoms with Gasteiger partial charge in [-0.25, -0.2) is 0 Å². The lowest BCUT2D eigenvalue weighted by molar-refractivity contribution is -0.120. The van der Waals surface area contributed by atoms with Crippen molar-refractivity contribution in [1.82, 2.24) is 0 Å². The molecular formula is C10H9N3O. The Balaban J connectivity index is 2.34. The van der Waals surface area contributed by atoms with Crippen LogP contribution in [0.4, 0.5) is 0 Å². The second-order valence-electron chi connectivity index (χ2n) is 3.44. The van der Waals surface area contributed by atoms with E-state index in [9.17, 15) is 4.79 Å². The van der Waals surface area contributed by atoms with Crippen LogP contribution in [-0.2, 0) is 10.2 Å². The van der Waals surface area contributed by atoms with Crippen molar-refractivity contribution in [3.05, 3.63) is 46.3 Å². The zero-order valence-corrected chi connectivity index (χ0v) is 7.55. The molecule has 1 aliphatic carbocycles. The average molecular weight is 187 g/mol. The first-order valence-electron chi connectivity index (χ1n) is 4.45. The Morgan fingerprint density at radius 1 is 1.36 bits per heavy atom. The summed E-state index contributed by atoms with van der Waals surface area (Å²) in [5.74, 6) is -0.355. The van der Waals surface area contributed by atoms with Crippen LogP contribution >= 0.6 is 0 Å². The summed E-state index contributed by atoms with van der Waals surface area (Å²) in [6, 6.07) is 9.48. The van der Waals surface area contributed by atoms with Gasteiger partial charge in [-0.15, -0.1) is 0 Å². The highest BCUT2D eigenvalue weighted by molar-refractivity contribution is 5.91. The van der Waals surface area contributed by atoms with Gasteiger partial charge >= 0.3 is 0 Å². The van der Waals surface area contributed by atoms with Crippen LogP contribution in [-0.4, -0.2) is 5.91 Å². The first-order valence-corrected chi connectivity index (χ1v) is 4.45. The molecule has 0 bridgehead atoms. The van der Waals surface area contributed by atoms with Crippen LogP contribution < -0.4 is 0 Å². The highest BCUT2D eigenvalue weighted by Crippen LogP contribution is 2.49. The van der Waals surface area contributed by atoms with E-state index in [0.29, 0.717) is 0 Å². The Morgan fingerprint density at radius 3 is 2.50 bits per heavy atom. The van der Waals surface area contributed by atoms with E-state index >= 15 is 0 Å². The molecule has 0 heterocycles. The van der Waals surface area contributed by atoms with Crippen molar-refractivity contribution in [1.29, 1.82) is 0 Å². The van der Waals surface area contributed by atoms with Crippen LogP contribution in [0.15, 0.2) is 35.4 Å². The second kappa shape index (κ2) is 3.16. The van der Waals surface area contributed by atoms with Crippen LogP contribution in [0.5, 0.6) is 0 Å². The minimum absolute atomic E-state index is 0.355. The van der Waals surface area contributed by atoms with Gasteiger partial charge in [0, 0.05) is 4.91 Å². The van der Waals surface area contributed by atoms with Crippen LogP contribution in [0.2, 0.25) is 0 Å². The zero-order chi connectivity index (χ0) is 10.0. The Hall–Kier alpha value is -1.80. The van der Waals surface area contributed by atoms with E-state index in [1.807, 2.05) is 30.3 Å². The van der Waals surface area contributed by atoms with Gasteiger partial charge in [0.25, 0.3) is 0 Å². The molecule has 4 nitrogen and oxygen atoms in total. The third-order valence-electron chi connectivity index (χ3n) is 2.62. The quantitative estimate of drug-likeness (QED) is 0.398. The predicted octanol–water partition coefficient (Wildman–Crippen LogP) is 2.56. The van der Waals surface area contributed by atoms with Gasteiger partial charge in [0.15, 0.2) is 0 Å². The van der Waals surface area contributed by atoms with Gasteiger partial charge in [0.1, 0.15) is 0 Å². The Kier molecular flexibility index (Phi) is 1.98. The number of carbonyl (C=O) groups is 1. The van der Waals surface area contributed by atoms with E-state index in [-0.39, 0.29) is 5.91 Å². The summed E-state index contributed by atoms with van der Waals surface area (Å²) >= 11 is 0. The first kappa shape index (κ1) is 8.78. The van der Waals surface area contributed by atoms with Crippen LogP contribution in [0.25, 0.3) is 10.4 Å². The van der Waals surface area contributed by atoms with E-state index in [1.54, 1.807) is 0 Å². The van der Waals surface area contributed by atoms with E-state index in [0.717, 1.165) is 18.4 Å².